The van der Waals surface area contributed by atoms with E-state index in [1.165, 1.54) is 0 Å². The van der Waals surface area contributed by atoms with Gasteiger partial charge in [-0.15, -0.1) is 0 Å². The fraction of sp³-hybridized carbons (Fsp3) is 0.333. The molecule has 0 saturated carbocycles. The molecular formula is C15H19N3O2. The van der Waals surface area contributed by atoms with Gasteiger partial charge >= 0.3 is 6.09 Å². The lowest BCUT2D eigenvalue weighted by Gasteiger charge is -2.22. The minimum atomic E-state index is -0.486. The number of nitrogens with zero attached hydrogens (tertiary/aromatic N) is 2. The fourth-order valence-electron chi connectivity index (χ4n) is 1.80. The Balaban J connectivity index is 1.94. The van der Waals surface area contributed by atoms with Gasteiger partial charge in [0.25, 0.3) is 0 Å². The van der Waals surface area contributed by atoms with Crippen molar-refractivity contribution in [3.63, 3.8) is 0 Å². The van der Waals surface area contributed by atoms with Gasteiger partial charge in [0, 0.05) is 6.07 Å². The van der Waals surface area contributed by atoms with E-state index in [2.05, 4.69) is 10.4 Å². The van der Waals surface area contributed by atoms with E-state index in [1.54, 1.807) is 16.9 Å². The van der Waals surface area contributed by atoms with Crippen molar-refractivity contribution in [2.24, 2.45) is 0 Å². The number of ether oxygens (including phenoxy) is 1. The number of hydrogen-bond donors (Lipinski definition) is 1. The van der Waals surface area contributed by atoms with Crippen molar-refractivity contribution < 1.29 is 9.53 Å². The van der Waals surface area contributed by atoms with Crippen molar-refractivity contribution in [1.82, 2.24) is 9.78 Å². The van der Waals surface area contributed by atoms with Crippen molar-refractivity contribution >= 4 is 11.9 Å². The van der Waals surface area contributed by atoms with Gasteiger partial charge < -0.3 is 4.74 Å². The molecule has 0 unspecified atom stereocenters. The third-order valence-electron chi connectivity index (χ3n) is 2.72. The first kappa shape index (κ1) is 14.1. The van der Waals surface area contributed by atoms with Crippen LogP contribution in [0, 0.1) is 0 Å². The van der Waals surface area contributed by atoms with Crippen LogP contribution in [0.2, 0.25) is 0 Å². The maximum atomic E-state index is 11.8. The van der Waals surface area contributed by atoms with E-state index in [0.29, 0.717) is 5.82 Å². The van der Waals surface area contributed by atoms with E-state index in [1.807, 2.05) is 51.1 Å². The van der Waals surface area contributed by atoms with Crippen molar-refractivity contribution in [3.05, 3.63) is 48.2 Å². The van der Waals surface area contributed by atoms with Crippen molar-refractivity contribution in [2.45, 2.75) is 32.9 Å². The Labute approximate surface area is 118 Å². The summed E-state index contributed by atoms with van der Waals surface area (Å²) in [7, 11) is 0. The molecule has 0 aliphatic rings. The molecule has 1 amide bonds. The number of aromatic nitrogens is 2. The van der Waals surface area contributed by atoms with Crippen LogP contribution in [0.3, 0.4) is 0 Å². The third-order valence-corrected chi connectivity index (χ3v) is 2.72. The molecule has 1 aromatic heterocycles. The molecule has 2 aromatic rings. The van der Waals surface area contributed by atoms with Gasteiger partial charge in [0.2, 0.25) is 0 Å². The minimum Gasteiger partial charge on any atom is -0.444 e. The Morgan fingerprint density at radius 1 is 1.25 bits per heavy atom. The second-order valence-electron chi connectivity index (χ2n) is 5.49. The van der Waals surface area contributed by atoms with Crippen molar-refractivity contribution in [2.75, 3.05) is 5.32 Å². The van der Waals surface area contributed by atoms with Crippen LogP contribution in [0.15, 0.2) is 42.6 Å². The number of anilines is 1. The average Bonchev–Trinajstić information content (AvgIpc) is 2.86. The Kier molecular flexibility index (Phi) is 4.08. The van der Waals surface area contributed by atoms with E-state index < -0.39 is 6.09 Å². The van der Waals surface area contributed by atoms with E-state index >= 15 is 0 Å². The number of nitrogens with one attached hydrogen (secondary N) is 1. The van der Waals surface area contributed by atoms with Gasteiger partial charge in [-0.2, -0.15) is 5.10 Å². The monoisotopic (exact) mass is 273 g/mol. The van der Waals surface area contributed by atoms with Crippen molar-refractivity contribution in [3.8, 4) is 0 Å². The standard InChI is InChI=1S/C15H19N3O2/c1-15(2,3)18-13(9-10-16-18)17-14(19)20-11-12-7-5-4-6-8-12/h4-10H,11H2,1-3H3,(H,17,19). The molecule has 20 heavy (non-hydrogen) atoms. The summed E-state index contributed by atoms with van der Waals surface area (Å²) in [4.78, 5) is 11.8. The summed E-state index contributed by atoms with van der Waals surface area (Å²) in [5.41, 5.74) is 0.748. The highest BCUT2D eigenvalue weighted by Gasteiger charge is 2.18. The molecule has 0 saturated heterocycles. The molecule has 0 radical (unpaired) electrons. The van der Waals surface area contributed by atoms with Gasteiger partial charge in [0.1, 0.15) is 12.4 Å². The van der Waals surface area contributed by atoms with Gasteiger partial charge in [0.15, 0.2) is 0 Å². The molecular weight excluding hydrogens is 254 g/mol. The first-order valence-electron chi connectivity index (χ1n) is 6.49. The van der Waals surface area contributed by atoms with Gasteiger partial charge in [-0.3, -0.25) is 5.32 Å². The molecule has 0 fully saturated rings. The third kappa shape index (κ3) is 3.60. The predicted octanol–water partition coefficient (Wildman–Crippen LogP) is 3.39. The van der Waals surface area contributed by atoms with Crippen LogP contribution in [0.25, 0.3) is 0 Å². The highest BCUT2D eigenvalue weighted by molar-refractivity contribution is 5.83. The zero-order valence-electron chi connectivity index (χ0n) is 12.0. The molecule has 0 spiro atoms. The Morgan fingerprint density at radius 2 is 1.95 bits per heavy atom. The first-order valence-corrected chi connectivity index (χ1v) is 6.49. The molecule has 0 aliphatic heterocycles. The second kappa shape index (κ2) is 5.77. The molecule has 0 bridgehead atoms. The Bertz CT molecular complexity index is 570. The van der Waals surface area contributed by atoms with E-state index in [4.69, 9.17) is 4.74 Å². The highest BCUT2D eigenvalue weighted by Crippen LogP contribution is 2.19. The van der Waals surface area contributed by atoms with Crippen LogP contribution in [0.4, 0.5) is 10.6 Å². The molecule has 1 N–H and O–H groups in total. The summed E-state index contributed by atoms with van der Waals surface area (Å²) < 4.78 is 6.92. The zero-order chi connectivity index (χ0) is 14.6. The van der Waals surface area contributed by atoms with Crippen LogP contribution >= 0.6 is 0 Å². The summed E-state index contributed by atoms with van der Waals surface area (Å²) in [6.07, 6.45) is 1.16. The van der Waals surface area contributed by atoms with Gasteiger partial charge in [-0.05, 0) is 26.3 Å². The van der Waals surface area contributed by atoms with Gasteiger partial charge in [-0.25, -0.2) is 9.48 Å². The average molecular weight is 273 g/mol. The lowest BCUT2D eigenvalue weighted by Crippen LogP contribution is -2.26. The van der Waals surface area contributed by atoms with Crippen LogP contribution < -0.4 is 5.32 Å². The smallest absolute Gasteiger partial charge is 0.413 e. The second-order valence-corrected chi connectivity index (χ2v) is 5.49. The summed E-state index contributed by atoms with van der Waals surface area (Å²) in [6, 6.07) is 11.3. The number of carbonyl (C=O) groups excluding carboxylic acids is 1. The minimum absolute atomic E-state index is 0.203. The molecule has 106 valence electrons. The lowest BCUT2D eigenvalue weighted by atomic mass is 10.1. The normalized spacial score (nSPS) is 11.2. The Hall–Kier alpha value is -2.30. The molecule has 0 aliphatic carbocycles. The maximum Gasteiger partial charge on any atom is 0.413 e. The summed E-state index contributed by atoms with van der Waals surface area (Å²) in [5.74, 6) is 0.621. The molecule has 1 aromatic carbocycles. The largest absolute Gasteiger partial charge is 0.444 e. The van der Waals surface area contributed by atoms with Crippen molar-refractivity contribution in [1.29, 1.82) is 0 Å². The van der Waals surface area contributed by atoms with E-state index in [-0.39, 0.29) is 12.1 Å². The first-order chi connectivity index (χ1) is 9.47. The number of benzene rings is 1. The molecule has 2 rings (SSSR count). The molecule has 1 heterocycles. The van der Waals surface area contributed by atoms with Crippen LogP contribution in [0.5, 0.6) is 0 Å². The van der Waals surface area contributed by atoms with Crippen LogP contribution in [0.1, 0.15) is 26.3 Å². The van der Waals surface area contributed by atoms with Crippen LogP contribution in [-0.2, 0) is 16.9 Å². The fourth-order valence-corrected chi connectivity index (χ4v) is 1.80. The quantitative estimate of drug-likeness (QED) is 0.932. The van der Waals surface area contributed by atoms with Gasteiger partial charge in [-0.1, -0.05) is 30.3 Å². The SMILES string of the molecule is CC(C)(C)n1nccc1NC(=O)OCc1ccccc1. The number of rotatable bonds is 3. The molecule has 0 atom stereocenters. The molecule has 5 nitrogen and oxygen atoms in total. The highest BCUT2D eigenvalue weighted by atomic mass is 16.5. The molecule has 5 heteroatoms. The summed E-state index contributed by atoms with van der Waals surface area (Å²) >= 11 is 0. The Morgan fingerprint density at radius 3 is 2.60 bits per heavy atom. The summed E-state index contributed by atoms with van der Waals surface area (Å²) in [5, 5.41) is 6.91. The number of hydrogen-bond acceptors (Lipinski definition) is 3. The lowest BCUT2D eigenvalue weighted by molar-refractivity contribution is 0.154. The predicted molar refractivity (Wildman–Crippen MR) is 77.5 cm³/mol. The number of amides is 1. The summed E-state index contributed by atoms with van der Waals surface area (Å²) in [6.45, 7) is 6.29. The van der Waals surface area contributed by atoms with Crippen LogP contribution in [-0.4, -0.2) is 15.9 Å². The van der Waals surface area contributed by atoms with E-state index in [9.17, 15) is 4.79 Å². The topological polar surface area (TPSA) is 56.2 Å². The number of carbonyl (C=O) groups is 1. The maximum absolute atomic E-state index is 11.8. The van der Waals surface area contributed by atoms with E-state index in [0.717, 1.165) is 5.56 Å². The van der Waals surface area contributed by atoms with Gasteiger partial charge in [0.05, 0.1) is 11.7 Å². The zero-order valence-corrected chi connectivity index (χ0v) is 12.0.